The first-order valence-corrected chi connectivity index (χ1v) is 8.27. The molecule has 5 nitrogen and oxygen atoms in total. The van der Waals surface area contributed by atoms with Gasteiger partial charge in [-0.2, -0.15) is 0 Å². The zero-order chi connectivity index (χ0) is 13.9. The highest BCUT2D eigenvalue weighted by atomic mass is 32.2. The number of ether oxygens (including phenoxy) is 1. The molecule has 2 unspecified atom stereocenters. The van der Waals surface area contributed by atoms with Gasteiger partial charge in [-0.3, -0.25) is 11.3 Å². The van der Waals surface area contributed by atoms with E-state index in [2.05, 4.69) is 5.43 Å². The van der Waals surface area contributed by atoms with E-state index in [4.69, 9.17) is 10.6 Å². The molecular formula is C13H20N2O3S. The smallest absolute Gasteiger partial charge is 0.150 e. The van der Waals surface area contributed by atoms with Gasteiger partial charge in [-0.05, 0) is 37.0 Å². The van der Waals surface area contributed by atoms with Gasteiger partial charge in [-0.1, -0.05) is 12.1 Å². The molecule has 0 spiro atoms. The zero-order valence-electron chi connectivity index (χ0n) is 11.0. The molecule has 3 N–H and O–H groups in total. The van der Waals surface area contributed by atoms with Crippen molar-refractivity contribution in [2.24, 2.45) is 11.8 Å². The Labute approximate surface area is 114 Å². The molecule has 19 heavy (non-hydrogen) atoms. The number of hydrazine groups is 1. The Morgan fingerprint density at radius 3 is 2.89 bits per heavy atom. The summed E-state index contributed by atoms with van der Waals surface area (Å²) >= 11 is 0. The third-order valence-corrected chi connectivity index (χ3v) is 5.24. The second-order valence-electron chi connectivity index (χ2n) is 4.81. The Morgan fingerprint density at radius 1 is 1.53 bits per heavy atom. The quantitative estimate of drug-likeness (QED) is 0.623. The lowest BCUT2D eigenvalue weighted by Gasteiger charge is -2.22. The molecule has 0 aliphatic carbocycles. The molecule has 1 aromatic carbocycles. The number of hydrogen-bond acceptors (Lipinski definition) is 5. The summed E-state index contributed by atoms with van der Waals surface area (Å²) < 4.78 is 28.6. The molecule has 2 rings (SSSR count). The van der Waals surface area contributed by atoms with E-state index >= 15 is 0 Å². The molecule has 0 radical (unpaired) electrons. The normalized spacial score (nSPS) is 23.2. The molecule has 1 aliphatic heterocycles. The number of rotatable bonds is 5. The van der Waals surface area contributed by atoms with E-state index in [1.165, 1.54) is 0 Å². The van der Waals surface area contributed by atoms with Crippen LogP contribution in [0.4, 0.5) is 0 Å². The lowest BCUT2D eigenvalue weighted by atomic mass is 9.93. The van der Waals surface area contributed by atoms with Crippen molar-refractivity contribution in [2.45, 2.75) is 19.4 Å². The summed E-state index contributed by atoms with van der Waals surface area (Å²) in [7, 11) is -2.91. The first-order chi connectivity index (χ1) is 9.05. The molecule has 2 atom stereocenters. The van der Waals surface area contributed by atoms with Gasteiger partial charge in [0.15, 0.2) is 9.84 Å². The topological polar surface area (TPSA) is 81.4 Å². The molecule has 1 aromatic rings. The van der Waals surface area contributed by atoms with Gasteiger partial charge in [0.1, 0.15) is 5.75 Å². The van der Waals surface area contributed by atoms with Crippen molar-refractivity contribution in [3.05, 3.63) is 29.8 Å². The van der Waals surface area contributed by atoms with E-state index in [1.54, 1.807) is 0 Å². The number of sulfone groups is 1. The summed E-state index contributed by atoms with van der Waals surface area (Å²) in [5.74, 6) is 6.86. The maximum atomic E-state index is 11.6. The van der Waals surface area contributed by atoms with Gasteiger partial charge in [-0.15, -0.1) is 0 Å². The molecular weight excluding hydrogens is 264 g/mol. The second-order valence-corrected chi connectivity index (χ2v) is 7.04. The Bertz CT molecular complexity index is 530. The Morgan fingerprint density at radius 2 is 2.32 bits per heavy atom. The van der Waals surface area contributed by atoms with Gasteiger partial charge in [0.05, 0.1) is 18.1 Å². The van der Waals surface area contributed by atoms with Crippen molar-refractivity contribution in [1.29, 1.82) is 0 Å². The van der Waals surface area contributed by atoms with Crippen LogP contribution in [-0.2, 0) is 9.84 Å². The molecule has 6 heteroatoms. The van der Waals surface area contributed by atoms with Gasteiger partial charge in [0, 0.05) is 6.04 Å². The fraction of sp³-hybridized carbons (Fsp3) is 0.538. The van der Waals surface area contributed by atoms with Crippen LogP contribution in [-0.4, -0.2) is 26.5 Å². The van der Waals surface area contributed by atoms with Crippen LogP contribution < -0.4 is 16.0 Å². The van der Waals surface area contributed by atoms with E-state index in [0.717, 1.165) is 11.3 Å². The minimum Gasteiger partial charge on any atom is -0.494 e. The van der Waals surface area contributed by atoms with E-state index in [9.17, 15) is 8.42 Å². The molecule has 1 saturated heterocycles. The molecule has 1 heterocycles. The average molecular weight is 284 g/mol. The number of nitrogens with one attached hydrogen (secondary N) is 1. The Balaban J connectivity index is 2.20. The minimum absolute atomic E-state index is 0.0203. The van der Waals surface area contributed by atoms with Gasteiger partial charge in [0.2, 0.25) is 0 Å². The van der Waals surface area contributed by atoms with Gasteiger partial charge >= 0.3 is 0 Å². The van der Waals surface area contributed by atoms with Gasteiger partial charge in [0.25, 0.3) is 0 Å². The van der Waals surface area contributed by atoms with Crippen LogP contribution in [0.15, 0.2) is 24.3 Å². The molecule has 106 valence electrons. The van der Waals surface area contributed by atoms with Crippen LogP contribution in [0.25, 0.3) is 0 Å². The maximum absolute atomic E-state index is 11.6. The summed E-state index contributed by atoms with van der Waals surface area (Å²) in [6, 6.07) is 7.48. The predicted octanol–water partition coefficient (Wildman–Crippen LogP) is 1.02. The lowest BCUT2D eigenvalue weighted by molar-refractivity contribution is 0.337. The largest absolute Gasteiger partial charge is 0.494 e. The first-order valence-electron chi connectivity index (χ1n) is 6.45. The van der Waals surface area contributed by atoms with E-state index < -0.39 is 9.84 Å². The Hall–Kier alpha value is -1.11. The number of benzene rings is 1. The maximum Gasteiger partial charge on any atom is 0.150 e. The monoisotopic (exact) mass is 284 g/mol. The standard InChI is InChI=1S/C13H20N2O3S/c1-2-18-12-5-3-4-10(8-12)13(15-14)11-6-7-19(16,17)9-11/h3-5,8,11,13,15H,2,6-7,9,14H2,1H3. The van der Waals surface area contributed by atoms with Crippen LogP contribution in [0.3, 0.4) is 0 Å². The highest BCUT2D eigenvalue weighted by Gasteiger charge is 2.34. The van der Waals surface area contributed by atoms with Crippen LogP contribution in [0.2, 0.25) is 0 Å². The van der Waals surface area contributed by atoms with Crippen LogP contribution in [0, 0.1) is 5.92 Å². The third kappa shape index (κ3) is 3.46. The summed E-state index contributed by atoms with van der Waals surface area (Å²) in [5, 5.41) is 0. The van der Waals surface area contributed by atoms with Crippen molar-refractivity contribution >= 4 is 9.84 Å². The summed E-state index contributed by atoms with van der Waals surface area (Å²) in [4.78, 5) is 0. The van der Waals surface area contributed by atoms with Crippen molar-refractivity contribution in [3.8, 4) is 5.75 Å². The fourth-order valence-electron chi connectivity index (χ4n) is 2.56. The average Bonchev–Trinajstić information content (AvgIpc) is 2.72. The Kier molecular flexibility index (Phi) is 4.44. The fourth-order valence-corrected chi connectivity index (χ4v) is 4.40. The molecule has 0 amide bonds. The SMILES string of the molecule is CCOc1cccc(C(NN)C2CCS(=O)(=O)C2)c1. The summed E-state index contributed by atoms with van der Waals surface area (Å²) in [5.41, 5.74) is 3.72. The van der Waals surface area contributed by atoms with E-state index in [0.29, 0.717) is 13.0 Å². The number of hydrogen-bond donors (Lipinski definition) is 2. The van der Waals surface area contributed by atoms with Crippen LogP contribution in [0.5, 0.6) is 5.75 Å². The first kappa shape index (κ1) is 14.3. The molecule has 0 bridgehead atoms. The van der Waals surface area contributed by atoms with Crippen molar-refractivity contribution < 1.29 is 13.2 Å². The highest BCUT2D eigenvalue weighted by molar-refractivity contribution is 7.91. The van der Waals surface area contributed by atoms with Crippen molar-refractivity contribution in [1.82, 2.24) is 5.43 Å². The third-order valence-electron chi connectivity index (χ3n) is 3.45. The van der Waals surface area contributed by atoms with Crippen molar-refractivity contribution in [3.63, 3.8) is 0 Å². The van der Waals surface area contributed by atoms with E-state index in [1.807, 2.05) is 31.2 Å². The molecule has 0 aromatic heterocycles. The summed E-state index contributed by atoms with van der Waals surface area (Å²) in [6.45, 7) is 2.52. The van der Waals surface area contributed by atoms with Gasteiger partial charge in [-0.25, -0.2) is 8.42 Å². The molecule has 1 fully saturated rings. The molecule has 1 aliphatic rings. The zero-order valence-corrected chi connectivity index (χ0v) is 11.8. The van der Waals surface area contributed by atoms with Gasteiger partial charge < -0.3 is 4.74 Å². The minimum atomic E-state index is -2.91. The van der Waals surface area contributed by atoms with Crippen LogP contribution in [0.1, 0.15) is 24.9 Å². The van der Waals surface area contributed by atoms with E-state index in [-0.39, 0.29) is 23.5 Å². The number of nitrogens with two attached hydrogens (primary N) is 1. The summed E-state index contributed by atoms with van der Waals surface area (Å²) in [6.07, 6.45) is 0.649. The highest BCUT2D eigenvalue weighted by Crippen LogP contribution is 2.32. The second kappa shape index (κ2) is 5.90. The predicted molar refractivity (Wildman–Crippen MR) is 74.4 cm³/mol. The van der Waals surface area contributed by atoms with Crippen LogP contribution >= 0.6 is 0 Å². The lowest BCUT2D eigenvalue weighted by Crippen LogP contribution is -2.34. The molecule has 0 saturated carbocycles. The van der Waals surface area contributed by atoms with Crippen molar-refractivity contribution in [2.75, 3.05) is 18.1 Å².